The lowest BCUT2D eigenvalue weighted by molar-refractivity contribution is 1.02. The highest BCUT2D eigenvalue weighted by Crippen LogP contribution is 2.22. The average molecular weight is 156 g/mol. The first-order valence-corrected chi connectivity index (χ1v) is 7.08. The van der Waals surface area contributed by atoms with Gasteiger partial charge in [-0.1, -0.05) is 45.3 Å². The van der Waals surface area contributed by atoms with Crippen molar-refractivity contribution in [2.45, 2.75) is 45.3 Å². The SMILES string of the molecule is C=C[Si](CC)(CC)CCC. The number of hydrogen-bond acceptors (Lipinski definition) is 0. The van der Waals surface area contributed by atoms with E-state index < -0.39 is 8.07 Å². The van der Waals surface area contributed by atoms with Gasteiger partial charge in [0, 0.05) is 0 Å². The second kappa shape index (κ2) is 4.72. The molecule has 60 valence electrons. The molecule has 0 saturated carbocycles. The third kappa shape index (κ3) is 2.29. The maximum absolute atomic E-state index is 3.96. The van der Waals surface area contributed by atoms with Crippen molar-refractivity contribution in [3.8, 4) is 0 Å². The molecule has 0 aromatic heterocycles. The Morgan fingerprint density at radius 1 is 1.20 bits per heavy atom. The molecule has 0 aliphatic heterocycles. The predicted molar refractivity (Wildman–Crippen MR) is 52.0 cm³/mol. The van der Waals surface area contributed by atoms with Crippen molar-refractivity contribution in [2.24, 2.45) is 0 Å². The van der Waals surface area contributed by atoms with Gasteiger partial charge in [-0.25, -0.2) is 0 Å². The Morgan fingerprint density at radius 2 is 1.70 bits per heavy atom. The van der Waals surface area contributed by atoms with Gasteiger partial charge in [0.05, 0.1) is 8.07 Å². The summed E-state index contributed by atoms with van der Waals surface area (Å²) in [5, 5.41) is 0. The van der Waals surface area contributed by atoms with Crippen LogP contribution in [-0.4, -0.2) is 8.07 Å². The summed E-state index contributed by atoms with van der Waals surface area (Å²) in [5.74, 6) is 0. The minimum absolute atomic E-state index is 0.954. The van der Waals surface area contributed by atoms with Gasteiger partial charge in [-0.3, -0.25) is 0 Å². The first-order valence-electron chi connectivity index (χ1n) is 4.38. The monoisotopic (exact) mass is 156 g/mol. The summed E-state index contributed by atoms with van der Waals surface area (Å²) in [4.78, 5) is 0. The minimum Gasteiger partial charge on any atom is -0.107 e. The molecule has 0 heterocycles. The maximum atomic E-state index is 3.96. The zero-order valence-electron chi connectivity index (χ0n) is 7.61. The molecule has 0 aliphatic rings. The van der Waals surface area contributed by atoms with E-state index in [-0.39, 0.29) is 0 Å². The zero-order valence-corrected chi connectivity index (χ0v) is 8.61. The van der Waals surface area contributed by atoms with E-state index in [1.165, 1.54) is 24.6 Å². The molecule has 0 atom stereocenters. The molecule has 0 aromatic rings. The van der Waals surface area contributed by atoms with Gasteiger partial charge < -0.3 is 0 Å². The Kier molecular flexibility index (Phi) is 4.70. The van der Waals surface area contributed by atoms with Crippen molar-refractivity contribution >= 4 is 8.07 Å². The maximum Gasteiger partial charge on any atom is 0.0765 e. The minimum atomic E-state index is -0.954. The van der Waals surface area contributed by atoms with E-state index in [9.17, 15) is 0 Å². The van der Waals surface area contributed by atoms with Crippen molar-refractivity contribution in [1.82, 2.24) is 0 Å². The normalized spacial score (nSPS) is 11.5. The number of rotatable bonds is 5. The van der Waals surface area contributed by atoms with Crippen molar-refractivity contribution in [1.29, 1.82) is 0 Å². The van der Waals surface area contributed by atoms with E-state index >= 15 is 0 Å². The van der Waals surface area contributed by atoms with Crippen LogP contribution in [0.25, 0.3) is 0 Å². The average Bonchev–Trinajstić information content (AvgIpc) is 2.01. The van der Waals surface area contributed by atoms with Crippen LogP contribution in [0.5, 0.6) is 0 Å². The fraction of sp³-hybridized carbons (Fsp3) is 0.778. The van der Waals surface area contributed by atoms with Crippen LogP contribution in [0.2, 0.25) is 18.1 Å². The topological polar surface area (TPSA) is 0 Å². The van der Waals surface area contributed by atoms with E-state index in [4.69, 9.17) is 0 Å². The third-order valence-corrected chi connectivity index (χ3v) is 7.77. The van der Waals surface area contributed by atoms with Crippen molar-refractivity contribution in [3.05, 3.63) is 12.3 Å². The van der Waals surface area contributed by atoms with Crippen LogP contribution < -0.4 is 0 Å². The molecule has 0 N–H and O–H groups in total. The Labute approximate surface area is 66.4 Å². The molecule has 10 heavy (non-hydrogen) atoms. The van der Waals surface area contributed by atoms with E-state index in [2.05, 4.69) is 33.0 Å². The zero-order chi connectivity index (χ0) is 8.04. The van der Waals surface area contributed by atoms with E-state index in [1.54, 1.807) is 0 Å². The first-order chi connectivity index (χ1) is 4.74. The van der Waals surface area contributed by atoms with Crippen molar-refractivity contribution < 1.29 is 0 Å². The van der Waals surface area contributed by atoms with Crippen LogP contribution in [0.4, 0.5) is 0 Å². The van der Waals surface area contributed by atoms with Gasteiger partial charge in [0.25, 0.3) is 0 Å². The van der Waals surface area contributed by atoms with Gasteiger partial charge in [0.1, 0.15) is 0 Å². The van der Waals surface area contributed by atoms with E-state index in [0.29, 0.717) is 0 Å². The Balaban J connectivity index is 4.00. The molecule has 0 bridgehead atoms. The molecular weight excluding hydrogens is 136 g/mol. The van der Waals surface area contributed by atoms with Crippen LogP contribution in [-0.2, 0) is 0 Å². The summed E-state index contributed by atoms with van der Waals surface area (Å²) in [6, 6.07) is 4.19. The smallest absolute Gasteiger partial charge is 0.0765 e. The summed E-state index contributed by atoms with van der Waals surface area (Å²) >= 11 is 0. The van der Waals surface area contributed by atoms with Gasteiger partial charge >= 0.3 is 0 Å². The summed E-state index contributed by atoms with van der Waals surface area (Å²) in [6.07, 6.45) is 1.33. The summed E-state index contributed by atoms with van der Waals surface area (Å²) in [7, 11) is -0.954. The molecule has 0 amide bonds. The Bertz CT molecular complexity index is 92.9. The lowest BCUT2D eigenvalue weighted by atomic mass is 10.6. The van der Waals surface area contributed by atoms with Gasteiger partial charge in [0.2, 0.25) is 0 Å². The molecule has 0 fully saturated rings. The fourth-order valence-corrected chi connectivity index (χ4v) is 4.48. The molecule has 0 nitrogen and oxygen atoms in total. The lowest BCUT2D eigenvalue weighted by Crippen LogP contribution is -2.28. The van der Waals surface area contributed by atoms with Gasteiger partial charge in [-0.15, -0.1) is 12.3 Å². The molecule has 0 rings (SSSR count). The second-order valence-corrected chi connectivity index (χ2v) is 8.07. The largest absolute Gasteiger partial charge is 0.107 e. The Hall–Kier alpha value is -0.0431. The van der Waals surface area contributed by atoms with Gasteiger partial charge in [-0.2, -0.15) is 0 Å². The standard InChI is InChI=1S/C9H20Si/c1-5-9-10(6-2,7-3)8-4/h6H,2,5,7-9H2,1,3-4H3. The van der Waals surface area contributed by atoms with Gasteiger partial charge in [-0.05, 0) is 0 Å². The third-order valence-electron chi connectivity index (χ3n) is 2.59. The molecule has 0 spiro atoms. The van der Waals surface area contributed by atoms with Crippen molar-refractivity contribution in [2.75, 3.05) is 0 Å². The quantitative estimate of drug-likeness (QED) is 0.533. The van der Waals surface area contributed by atoms with Crippen LogP contribution in [0, 0.1) is 0 Å². The number of hydrogen-bond donors (Lipinski definition) is 0. The highest BCUT2D eigenvalue weighted by Gasteiger charge is 2.22. The van der Waals surface area contributed by atoms with Crippen LogP contribution in [0.15, 0.2) is 12.3 Å². The lowest BCUT2D eigenvalue weighted by Gasteiger charge is -2.24. The summed E-state index contributed by atoms with van der Waals surface area (Å²) in [5.41, 5.74) is 2.27. The highest BCUT2D eigenvalue weighted by atomic mass is 28.3. The molecular formula is C9H20Si. The summed E-state index contributed by atoms with van der Waals surface area (Å²) in [6.45, 7) is 10.9. The Morgan fingerprint density at radius 3 is 1.80 bits per heavy atom. The second-order valence-electron chi connectivity index (χ2n) is 3.02. The van der Waals surface area contributed by atoms with Crippen LogP contribution in [0.1, 0.15) is 27.2 Å². The van der Waals surface area contributed by atoms with Crippen molar-refractivity contribution in [3.63, 3.8) is 0 Å². The first kappa shape index (κ1) is 9.96. The van der Waals surface area contributed by atoms with Crippen LogP contribution >= 0.6 is 0 Å². The summed E-state index contributed by atoms with van der Waals surface area (Å²) < 4.78 is 0. The molecule has 0 unspecified atom stereocenters. The van der Waals surface area contributed by atoms with Gasteiger partial charge in [0.15, 0.2) is 0 Å². The van der Waals surface area contributed by atoms with E-state index in [1.807, 2.05) is 0 Å². The molecule has 0 aliphatic carbocycles. The molecule has 0 radical (unpaired) electrons. The van der Waals surface area contributed by atoms with E-state index in [0.717, 1.165) is 0 Å². The molecule has 1 heteroatoms. The van der Waals surface area contributed by atoms with Crippen LogP contribution in [0.3, 0.4) is 0 Å². The molecule has 0 saturated heterocycles. The predicted octanol–water partition coefficient (Wildman–Crippen LogP) is 3.61. The highest BCUT2D eigenvalue weighted by molar-refractivity contribution is 6.84. The molecule has 0 aromatic carbocycles. The fourth-order valence-electron chi connectivity index (χ4n) is 1.49.